The normalized spacial score (nSPS) is 20.4. The van der Waals surface area contributed by atoms with Gasteiger partial charge in [0.15, 0.2) is 0 Å². The number of aromatic nitrogens is 2. The van der Waals surface area contributed by atoms with Crippen molar-refractivity contribution in [1.29, 1.82) is 0 Å². The van der Waals surface area contributed by atoms with Gasteiger partial charge in [-0.15, -0.1) is 0 Å². The molecular formula is C17H29N5O3S. The van der Waals surface area contributed by atoms with E-state index in [1.807, 2.05) is 17.7 Å². The maximum absolute atomic E-state index is 12.7. The van der Waals surface area contributed by atoms with Crippen LogP contribution in [0.15, 0.2) is 12.4 Å². The van der Waals surface area contributed by atoms with Crippen LogP contribution in [0.2, 0.25) is 0 Å². The minimum atomic E-state index is -3.37. The molecule has 0 aliphatic carbocycles. The van der Waals surface area contributed by atoms with Crippen LogP contribution in [0.3, 0.4) is 0 Å². The molecule has 0 radical (unpaired) electrons. The van der Waals surface area contributed by atoms with E-state index in [4.69, 9.17) is 0 Å². The van der Waals surface area contributed by atoms with Crippen LogP contribution >= 0.6 is 0 Å². The highest BCUT2D eigenvalue weighted by molar-refractivity contribution is 7.86. The van der Waals surface area contributed by atoms with Gasteiger partial charge in [-0.3, -0.25) is 4.79 Å². The fourth-order valence-electron chi connectivity index (χ4n) is 3.63. The van der Waals surface area contributed by atoms with Gasteiger partial charge in [-0.1, -0.05) is 6.42 Å². The third-order valence-corrected chi connectivity index (χ3v) is 7.31. The Morgan fingerprint density at radius 3 is 2.31 bits per heavy atom. The van der Waals surface area contributed by atoms with Gasteiger partial charge in [0.25, 0.3) is 10.2 Å². The summed E-state index contributed by atoms with van der Waals surface area (Å²) < 4.78 is 30.6. The van der Waals surface area contributed by atoms with Crippen LogP contribution < -0.4 is 0 Å². The molecule has 1 aromatic heterocycles. The molecule has 2 aliphatic heterocycles. The molecule has 3 rings (SSSR count). The van der Waals surface area contributed by atoms with Crippen molar-refractivity contribution >= 4 is 16.1 Å². The van der Waals surface area contributed by atoms with E-state index in [1.54, 1.807) is 15.4 Å². The number of hydrogen-bond donors (Lipinski definition) is 0. The summed E-state index contributed by atoms with van der Waals surface area (Å²) in [7, 11) is -3.37. The van der Waals surface area contributed by atoms with Crippen molar-refractivity contribution in [2.45, 2.75) is 45.6 Å². The second-order valence-electron chi connectivity index (χ2n) is 7.02. The van der Waals surface area contributed by atoms with Crippen molar-refractivity contribution < 1.29 is 13.2 Å². The van der Waals surface area contributed by atoms with Crippen LogP contribution in [0, 0.1) is 6.92 Å². The molecule has 2 aliphatic rings. The van der Waals surface area contributed by atoms with Crippen molar-refractivity contribution in [3.8, 4) is 0 Å². The van der Waals surface area contributed by atoms with Crippen molar-refractivity contribution in [1.82, 2.24) is 23.1 Å². The Labute approximate surface area is 156 Å². The third-order valence-electron chi connectivity index (χ3n) is 5.27. The van der Waals surface area contributed by atoms with Gasteiger partial charge in [-0.25, -0.2) is 4.98 Å². The van der Waals surface area contributed by atoms with Gasteiger partial charge in [-0.05, 0) is 26.2 Å². The predicted molar refractivity (Wildman–Crippen MR) is 98.7 cm³/mol. The molecule has 0 saturated carbocycles. The molecule has 0 N–H and O–H groups in total. The Morgan fingerprint density at radius 1 is 1.04 bits per heavy atom. The third kappa shape index (κ3) is 4.44. The smallest absolute Gasteiger partial charge is 0.282 e. The lowest BCUT2D eigenvalue weighted by Crippen LogP contribution is -2.54. The van der Waals surface area contributed by atoms with E-state index in [9.17, 15) is 13.2 Å². The molecule has 146 valence electrons. The molecular weight excluding hydrogens is 354 g/mol. The number of rotatable bonds is 6. The number of imidazole rings is 1. The van der Waals surface area contributed by atoms with E-state index in [2.05, 4.69) is 4.98 Å². The van der Waals surface area contributed by atoms with E-state index >= 15 is 0 Å². The van der Waals surface area contributed by atoms with E-state index in [-0.39, 0.29) is 5.91 Å². The number of amides is 1. The molecule has 2 saturated heterocycles. The molecule has 0 aromatic carbocycles. The first-order valence-corrected chi connectivity index (χ1v) is 10.9. The number of carbonyl (C=O) groups excluding carboxylic acids is 1. The zero-order valence-corrected chi connectivity index (χ0v) is 16.3. The molecule has 1 amide bonds. The highest BCUT2D eigenvalue weighted by atomic mass is 32.2. The highest BCUT2D eigenvalue weighted by Crippen LogP contribution is 2.18. The van der Waals surface area contributed by atoms with Crippen LogP contribution in [0.4, 0.5) is 0 Å². The van der Waals surface area contributed by atoms with Crippen molar-refractivity contribution in [3.05, 3.63) is 18.2 Å². The Morgan fingerprint density at radius 2 is 1.69 bits per heavy atom. The number of hydrogen-bond acceptors (Lipinski definition) is 4. The summed E-state index contributed by atoms with van der Waals surface area (Å²) in [4.78, 5) is 18.4. The summed E-state index contributed by atoms with van der Waals surface area (Å²) in [5, 5.41) is 0. The van der Waals surface area contributed by atoms with E-state index in [0.29, 0.717) is 45.7 Å². The monoisotopic (exact) mass is 383 g/mol. The minimum absolute atomic E-state index is 0.109. The Kier molecular flexibility index (Phi) is 6.31. The van der Waals surface area contributed by atoms with Crippen LogP contribution in [-0.4, -0.2) is 76.7 Å². The lowest BCUT2D eigenvalue weighted by molar-refractivity contribution is -0.132. The second kappa shape index (κ2) is 8.49. The first-order valence-electron chi connectivity index (χ1n) is 9.49. The molecule has 26 heavy (non-hydrogen) atoms. The summed E-state index contributed by atoms with van der Waals surface area (Å²) in [6, 6.07) is 0. The van der Waals surface area contributed by atoms with Gasteiger partial charge in [-0.2, -0.15) is 17.0 Å². The quantitative estimate of drug-likeness (QED) is 0.729. The maximum Gasteiger partial charge on any atom is 0.282 e. The first-order chi connectivity index (χ1) is 12.5. The average molecular weight is 384 g/mol. The summed E-state index contributed by atoms with van der Waals surface area (Å²) in [5.41, 5.74) is 0. The average Bonchev–Trinajstić information content (AvgIpc) is 3.07. The zero-order chi connectivity index (χ0) is 18.6. The number of aryl methyl sites for hydroxylation is 2. The van der Waals surface area contributed by atoms with Gasteiger partial charge in [0.2, 0.25) is 5.91 Å². The number of piperazine rings is 1. The van der Waals surface area contributed by atoms with Crippen molar-refractivity contribution in [2.75, 3.05) is 39.3 Å². The van der Waals surface area contributed by atoms with E-state index in [1.165, 1.54) is 4.31 Å². The highest BCUT2D eigenvalue weighted by Gasteiger charge is 2.33. The maximum atomic E-state index is 12.7. The summed E-state index contributed by atoms with van der Waals surface area (Å²) >= 11 is 0. The Balaban J connectivity index is 1.44. The van der Waals surface area contributed by atoms with Gasteiger partial charge < -0.3 is 9.47 Å². The van der Waals surface area contributed by atoms with Crippen LogP contribution in [0.25, 0.3) is 0 Å². The van der Waals surface area contributed by atoms with Gasteiger partial charge in [0.05, 0.1) is 0 Å². The van der Waals surface area contributed by atoms with Gasteiger partial charge in [0, 0.05) is 64.6 Å². The number of piperidine rings is 1. The molecule has 0 atom stereocenters. The van der Waals surface area contributed by atoms with Gasteiger partial charge in [0.1, 0.15) is 5.82 Å². The van der Waals surface area contributed by atoms with Crippen LogP contribution in [-0.2, 0) is 21.5 Å². The Bertz CT molecular complexity index is 704. The fraction of sp³-hybridized carbons (Fsp3) is 0.765. The summed E-state index contributed by atoms with van der Waals surface area (Å²) in [6.07, 6.45) is 7.91. The van der Waals surface area contributed by atoms with Crippen molar-refractivity contribution in [2.24, 2.45) is 0 Å². The number of nitrogens with zero attached hydrogens (tertiary/aromatic N) is 5. The SMILES string of the molecule is Cc1nccn1CCCC(=O)N1CCN(S(=O)(=O)N2CCCCC2)CC1. The largest absolute Gasteiger partial charge is 0.340 e. The second-order valence-corrected chi connectivity index (χ2v) is 8.95. The molecule has 2 fully saturated rings. The zero-order valence-electron chi connectivity index (χ0n) is 15.5. The molecule has 8 nitrogen and oxygen atoms in total. The van der Waals surface area contributed by atoms with Crippen LogP contribution in [0.5, 0.6) is 0 Å². The molecule has 0 spiro atoms. The summed E-state index contributed by atoms with van der Waals surface area (Å²) in [5.74, 6) is 1.06. The molecule has 0 unspecified atom stereocenters. The van der Waals surface area contributed by atoms with E-state index in [0.717, 1.165) is 38.1 Å². The molecule has 3 heterocycles. The van der Waals surface area contributed by atoms with Crippen LogP contribution in [0.1, 0.15) is 37.9 Å². The topological polar surface area (TPSA) is 78.8 Å². The lowest BCUT2D eigenvalue weighted by Gasteiger charge is -2.37. The predicted octanol–water partition coefficient (Wildman–Crippen LogP) is 0.847. The molecule has 9 heteroatoms. The molecule has 0 bridgehead atoms. The first kappa shape index (κ1) is 19.3. The molecule has 1 aromatic rings. The van der Waals surface area contributed by atoms with Gasteiger partial charge >= 0.3 is 0 Å². The lowest BCUT2D eigenvalue weighted by atomic mass is 10.2. The standard InChI is InChI=1S/C17H29N5O3S/c1-16-18-7-11-19(16)8-5-6-17(23)20-12-14-22(15-13-20)26(24,25)21-9-3-2-4-10-21/h7,11H,2-6,8-10,12-15H2,1H3. The fourth-order valence-corrected chi connectivity index (χ4v) is 5.30. The van der Waals surface area contributed by atoms with Crippen molar-refractivity contribution in [3.63, 3.8) is 0 Å². The summed E-state index contributed by atoms with van der Waals surface area (Å²) in [6.45, 7) is 5.72. The number of carbonyl (C=O) groups is 1. The minimum Gasteiger partial charge on any atom is -0.340 e. The van der Waals surface area contributed by atoms with E-state index < -0.39 is 10.2 Å². The Hall–Kier alpha value is -1.45.